The van der Waals surface area contributed by atoms with Gasteiger partial charge in [0, 0.05) is 11.2 Å². The predicted molar refractivity (Wildman–Crippen MR) is 56.2 cm³/mol. The maximum atomic E-state index is 11.1. The number of imidazole rings is 1. The molecule has 1 unspecified atom stereocenters. The van der Waals surface area contributed by atoms with E-state index in [1.807, 2.05) is 19.1 Å². The van der Waals surface area contributed by atoms with E-state index in [1.165, 1.54) is 0 Å². The molecule has 15 heavy (non-hydrogen) atoms. The number of aromatic nitrogens is 4. The fourth-order valence-corrected chi connectivity index (χ4v) is 1.57. The van der Waals surface area contributed by atoms with Gasteiger partial charge in [-0.15, -0.1) is 5.10 Å². The number of aryl methyl sites for hydroxylation is 1. The van der Waals surface area contributed by atoms with Crippen LogP contribution in [0.5, 0.6) is 0 Å². The van der Waals surface area contributed by atoms with Gasteiger partial charge in [-0.05, 0) is 19.1 Å². The van der Waals surface area contributed by atoms with Gasteiger partial charge in [-0.25, -0.2) is 0 Å². The zero-order valence-electron chi connectivity index (χ0n) is 8.41. The Labute approximate surface area is 90.4 Å². The summed E-state index contributed by atoms with van der Waals surface area (Å²) in [6.45, 7) is 1.87. The monoisotopic (exact) mass is 222 g/mol. The smallest absolute Gasteiger partial charge is 0.262 e. The Hall–Kier alpha value is -1.40. The molecule has 5 nitrogen and oxygen atoms in total. The van der Waals surface area contributed by atoms with E-state index in [4.69, 9.17) is 0 Å². The second kappa shape index (κ2) is 4.00. The van der Waals surface area contributed by atoms with Crippen molar-refractivity contribution in [3.63, 3.8) is 0 Å². The molecule has 0 fully saturated rings. The third-order valence-corrected chi connectivity index (χ3v) is 2.70. The summed E-state index contributed by atoms with van der Waals surface area (Å²) in [6.07, 6.45) is 4.86. The van der Waals surface area contributed by atoms with Crippen molar-refractivity contribution in [1.82, 2.24) is 19.7 Å². The van der Waals surface area contributed by atoms with Crippen LogP contribution in [0, 0.1) is 6.92 Å². The first-order chi connectivity index (χ1) is 7.16. The van der Waals surface area contributed by atoms with Crippen molar-refractivity contribution in [2.75, 3.05) is 6.26 Å². The van der Waals surface area contributed by atoms with Crippen LogP contribution in [0.1, 0.15) is 5.69 Å². The second-order valence-corrected chi connectivity index (χ2v) is 4.43. The molecule has 1 atom stereocenters. The molecule has 78 valence electrons. The summed E-state index contributed by atoms with van der Waals surface area (Å²) in [6, 6.07) is 3.71. The standard InChI is InChI=1S/C9H10N4OS/c1-7-3-4-8(12-11-7)13-5-9(10-6-13)15(2)14/h3-6H,1-2H3. The van der Waals surface area contributed by atoms with Gasteiger partial charge in [0.2, 0.25) is 0 Å². The van der Waals surface area contributed by atoms with Gasteiger partial charge in [0.25, 0.3) is 5.03 Å². The lowest BCUT2D eigenvalue weighted by Crippen LogP contribution is -1.99. The third kappa shape index (κ3) is 2.16. The van der Waals surface area contributed by atoms with Crippen molar-refractivity contribution in [3.8, 4) is 5.82 Å². The van der Waals surface area contributed by atoms with Gasteiger partial charge in [0.05, 0.1) is 11.9 Å². The van der Waals surface area contributed by atoms with Crippen molar-refractivity contribution in [2.45, 2.75) is 11.9 Å². The molecule has 0 aromatic carbocycles. The van der Waals surface area contributed by atoms with Crippen LogP contribution in [0.25, 0.3) is 5.82 Å². The molecule has 2 aromatic rings. The van der Waals surface area contributed by atoms with Gasteiger partial charge in [0.15, 0.2) is 5.82 Å². The summed E-state index contributed by atoms with van der Waals surface area (Å²) >= 11 is -1.07. The van der Waals surface area contributed by atoms with E-state index in [2.05, 4.69) is 15.2 Å². The fourth-order valence-electron chi connectivity index (χ4n) is 1.11. The van der Waals surface area contributed by atoms with E-state index in [0.29, 0.717) is 10.8 Å². The molecule has 0 saturated carbocycles. The molecule has 2 aromatic heterocycles. The van der Waals surface area contributed by atoms with Crippen molar-refractivity contribution >= 4 is 11.2 Å². The molecule has 2 rings (SSSR count). The molecule has 0 aliphatic carbocycles. The van der Waals surface area contributed by atoms with Crippen LogP contribution in [0.15, 0.2) is 29.7 Å². The summed E-state index contributed by atoms with van der Waals surface area (Å²) in [5.41, 5.74) is 0.859. The molecule has 0 aliphatic rings. The van der Waals surface area contributed by atoms with Gasteiger partial charge in [-0.3, -0.25) is 4.57 Å². The van der Waals surface area contributed by atoms with Crippen LogP contribution in [0.3, 0.4) is 0 Å². The number of nitrogens with zero attached hydrogens (tertiary/aromatic N) is 4. The molecule has 6 heteroatoms. The number of hydrogen-bond acceptors (Lipinski definition) is 4. The van der Waals surface area contributed by atoms with Crippen molar-refractivity contribution in [3.05, 3.63) is 30.4 Å². The van der Waals surface area contributed by atoms with E-state index < -0.39 is 11.2 Å². The Bertz CT molecular complexity index is 451. The van der Waals surface area contributed by atoms with Crippen LogP contribution < -0.4 is 0 Å². The molecule has 0 bridgehead atoms. The van der Waals surface area contributed by atoms with Crippen LogP contribution in [-0.4, -0.2) is 30.6 Å². The fraction of sp³-hybridized carbons (Fsp3) is 0.222. The lowest BCUT2D eigenvalue weighted by atomic mass is 10.4. The Morgan fingerprint density at radius 1 is 1.33 bits per heavy atom. The zero-order chi connectivity index (χ0) is 10.8. The van der Waals surface area contributed by atoms with E-state index in [9.17, 15) is 4.55 Å². The Kier molecular flexibility index (Phi) is 2.70. The highest BCUT2D eigenvalue weighted by Crippen LogP contribution is 2.09. The SMILES string of the molecule is Cc1ccc(-n2cnc([S+](C)[O-])c2)nn1. The normalized spacial score (nSPS) is 12.7. The van der Waals surface area contributed by atoms with Gasteiger partial charge in [0.1, 0.15) is 12.6 Å². The quantitative estimate of drug-likeness (QED) is 0.702. The summed E-state index contributed by atoms with van der Waals surface area (Å²) in [5, 5.41) is 8.47. The maximum Gasteiger partial charge on any atom is 0.262 e. The first-order valence-electron chi connectivity index (χ1n) is 4.35. The van der Waals surface area contributed by atoms with E-state index in [1.54, 1.807) is 23.3 Å². The van der Waals surface area contributed by atoms with Gasteiger partial charge in [-0.1, -0.05) is 0 Å². The first-order valence-corrected chi connectivity index (χ1v) is 5.91. The first kappa shape index (κ1) is 10.1. The average Bonchev–Trinajstić information content (AvgIpc) is 2.68. The minimum Gasteiger partial charge on any atom is -0.610 e. The second-order valence-electron chi connectivity index (χ2n) is 3.11. The Balaban J connectivity index is 2.33. The topological polar surface area (TPSA) is 66.7 Å². The molecule has 0 N–H and O–H groups in total. The summed E-state index contributed by atoms with van der Waals surface area (Å²) < 4.78 is 12.8. The van der Waals surface area contributed by atoms with Gasteiger partial charge in [-0.2, -0.15) is 10.1 Å². The Morgan fingerprint density at radius 3 is 2.67 bits per heavy atom. The lowest BCUT2D eigenvalue weighted by Gasteiger charge is -1.99. The van der Waals surface area contributed by atoms with Crippen LogP contribution >= 0.6 is 0 Å². The Morgan fingerprint density at radius 2 is 2.13 bits per heavy atom. The van der Waals surface area contributed by atoms with Crippen molar-refractivity contribution in [2.24, 2.45) is 0 Å². The molecule has 0 radical (unpaired) electrons. The highest BCUT2D eigenvalue weighted by atomic mass is 32.2. The minimum atomic E-state index is -1.07. The van der Waals surface area contributed by atoms with Crippen LogP contribution in [-0.2, 0) is 11.2 Å². The highest BCUT2D eigenvalue weighted by Gasteiger charge is 2.09. The van der Waals surface area contributed by atoms with Crippen molar-refractivity contribution in [1.29, 1.82) is 0 Å². The van der Waals surface area contributed by atoms with E-state index in [0.717, 1.165) is 5.69 Å². The largest absolute Gasteiger partial charge is 0.610 e. The number of hydrogen-bond donors (Lipinski definition) is 0. The lowest BCUT2D eigenvalue weighted by molar-refractivity contribution is 0.598. The average molecular weight is 222 g/mol. The molecule has 2 heterocycles. The molecular formula is C9H10N4OS. The number of rotatable bonds is 2. The van der Waals surface area contributed by atoms with Crippen LogP contribution in [0.2, 0.25) is 0 Å². The molecule has 0 aliphatic heterocycles. The zero-order valence-corrected chi connectivity index (χ0v) is 9.23. The molecular weight excluding hydrogens is 212 g/mol. The van der Waals surface area contributed by atoms with Crippen LogP contribution in [0.4, 0.5) is 0 Å². The minimum absolute atomic E-state index is 0.539. The van der Waals surface area contributed by atoms with E-state index in [-0.39, 0.29) is 0 Å². The van der Waals surface area contributed by atoms with E-state index >= 15 is 0 Å². The third-order valence-electron chi connectivity index (χ3n) is 1.90. The van der Waals surface area contributed by atoms with Gasteiger partial charge < -0.3 is 4.55 Å². The molecule has 0 spiro atoms. The summed E-state index contributed by atoms with van der Waals surface area (Å²) in [5.74, 6) is 0.671. The predicted octanol–water partition coefficient (Wildman–Crippen LogP) is 0.708. The summed E-state index contributed by atoms with van der Waals surface area (Å²) in [4.78, 5) is 4.01. The molecule has 0 saturated heterocycles. The summed E-state index contributed by atoms with van der Waals surface area (Å²) in [7, 11) is 0. The molecule has 0 amide bonds. The maximum absolute atomic E-state index is 11.1. The van der Waals surface area contributed by atoms with Gasteiger partial charge >= 0.3 is 0 Å². The highest BCUT2D eigenvalue weighted by molar-refractivity contribution is 7.90. The van der Waals surface area contributed by atoms with Crippen molar-refractivity contribution < 1.29 is 4.55 Å².